The Labute approximate surface area is 82.0 Å². The minimum Gasteiger partial charge on any atom is -0.391 e. The molecule has 3 nitrogen and oxygen atoms in total. The molecule has 0 aliphatic heterocycles. The van der Waals surface area contributed by atoms with Gasteiger partial charge in [0, 0.05) is 6.54 Å². The van der Waals surface area contributed by atoms with E-state index in [1.807, 2.05) is 0 Å². The fraction of sp³-hybridized carbons (Fsp3) is 0.500. The van der Waals surface area contributed by atoms with Crippen molar-refractivity contribution in [1.29, 1.82) is 0 Å². The van der Waals surface area contributed by atoms with Gasteiger partial charge in [-0.25, -0.2) is 9.37 Å². The minimum absolute atomic E-state index is 0.304. The fourth-order valence-corrected chi connectivity index (χ4v) is 1.34. The van der Waals surface area contributed by atoms with Crippen LogP contribution in [0.15, 0.2) is 18.3 Å². The molecule has 0 bridgehead atoms. The minimum atomic E-state index is -0.349. The Morgan fingerprint density at radius 3 is 2.93 bits per heavy atom. The number of hydrogen-bond acceptors (Lipinski definition) is 3. The topological polar surface area (TPSA) is 45.1 Å². The number of rotatable bonds is 4. The molecule has 1 saturated carbocycles. The first-order valence-electron chi connectivity index (χ1n) is 4.79. The van der Waals surface area contributed by atoms with Gasteiger partial charge in [0.15, 0.2) is 0 Å². The zero-order valence-corrected chi connectivity index (χ0v) is 7.78. The number of pyridine rings is 1. The predicted molar refractivity (Wildman–Crippen MR) is 51.4 cm³/mol. The lowest BCUT2D eigenvalue weighted by Gasteiger charge is -2.10. The molecule has 0 spiro atoms. The van der Waals surface area contributed by atoms with Crippen molar-refractivity contribution in [2.75, 3.05) is 11.9 Å². The van der Waals surface area contributed by atoms with E-state index in [0.29, 0.717) is 18.3 Å². The third-order valence-corrected chi connectivity index (χ3v) is 2.39. The average Bonchev–Trinajstić information content (AvgIpc) is 3.00. The monoisotopic (exact) mass is 196 g/mol. The summed E-state index contributed by atoms with van der Waals surface area (Å²) in [5.41, 5.74) is 0. The van der Waals surface area contributed by atoms with Crippen LogP contribution in [0, 0.1) is 11.7 Å². The first-order valence-corrected chi connectivity index (χ1v) is 4.79. The van der Waals surface area contributed by atoms with E-state index in [4.69, 9.17) is 0 Å². The van der Waals surface area contributed by atoms with E-state index in [9.17, 15) is 9.50 Å². The van der Waals surface area contributed by atoms with Gasteiger partial charge >= 0.3 is 0 Å². The van der Waals surface area contributed by atoms with Crippen LogP contribution in [-0.2, 0) is 0 Å². The summed E-state index contributed by atoms with van der Waals surface area (Å²) in [4.78, 5) is 3.83. The summed E-state index contributed by atoms with van der Waals surface area (Å²) in [5.74, 6) is 0.701. The molecule has 0 amide bonds. The second-order valence-electron chi connectivity index (χ2n) is 3.65. The van der Waals surface area contributed by atoms with E-state index in [-0.39, 0.29) is 11.9 Å². The summed E-state index contributed by atoms with van der Waals surface area (Å²) in [6.45, 7) is 0.489. The second kappa shape index (κ2) is 3.92. The van der Waals surface area contributed by atoms with Crippen molar-refractivity contribution in [3.8, 4) is 0 Å². The van der Waals surface area contributed by atoms with Crippen LogP contribution < -0.4 is 5.32 Å². The SMILES string of the molecule is OC(CNc1ccc(F)cn1)C1CC1. The van der Waals surface area contributed by atoms with Gasteiger partial charge in [-0.15, -0.1) is 0 Å². The molecule has 0 radical (unpaired) electrons. The summed E-state index contributed by atoms with van der Waals surface area (Å²) in [6, 6.07) is 2.91. The van der Waals surface area contributed by atoms with Gasteiger partial charge in [-0.2, -0.15) is 0 Å². The summed E-state index contributed by atoms with van der Waals surface area (Å²) < 4.78 is 12.5. The normalized spacial score (nSPS) is 17.9. The molecule has 1 heterocycles. The highest BCUT2D eigenvalue weighted by Gasteiger charge is 2.29. The molecule has 1 unspecified atom stereocenters. The highest BCUT2D eigenvalue weighted by Crippen LogP contribution is 2.32. The third-order valence-electron chi connectivity index (χ3n) is 2.39. The van der Waals surface area contributed by atoms with E-state index >= 15 is 0 Å². The molecule has 2 N–H and O–H groups in total. The summed E-state index contributed by atoms with van der Waals surface area (Å²) in [5, 5.41) is 12.5. The number of hydrogen-bond donors (Lipinski definition) is 2. The molecule has 1 aromatic heterocycles. The third kappa shape index (κ3) is 2.42. The maximum atomic E-state index is 12.5. The smallest absolute Gasteiger partial charge is 0.141 e. The van der Waals surface area contributed by atoms with Crippen molar-refractivity contribution in [1.82, 2.24) is 4.98 Å². The maximum absolute atomic E-state index is 12.5. The van der Waals surface area contributed by atoms with Gasteiger partial charge in [-0.05, 0) is 30.9 Å². The Balaban J connectivity index is 1.82. The summed E-state index contributed by atoms with van der Waals surface area (Å²) in [6.07, 6.45) is 3.08. The fourth-order valence-electron chi connectivity index (χ4n) is 1.34. The van der Waals surface area contributed by atoms with Crippen molar-refractivity contribution >= 4 is 5.82 Å². The lowest BCUT2D eigenvalue weighted by Crippen LogP contribution is -2.21. The lowest BCUT2D eigenvalue weighted by atomic mass is 10.2. The van der Waals surface area contributed by atoms with Gasteiger partial charge < -0.3 is 10.4 Å². The molecule has 0 aromatic carbocycles. The van der Waals surface area contributed by atoms with Crippen molar-refractivity contribution in [2.24, 2.45) is 5.92 Å². The first-order chi connectivity index (χ1) is 6.75. The Morgan fingerprint density at radius 1 is 1.57 bits per heavy atom. The number of aliphatic hydroxyl groups is 1. The summed E-state index contributed by atoms with van der Waals surface area (Å²) in [7, 11) is 0. The molecular weight excluding hydrogens is 183 g/mol. The molecule has 1 aliphatic rings. The molecule has 1 atom stereocenters. The van der Waals surface area contributed by atoms with Crippen LogP contribution in [0.1, 0.15) is 12.8 Å². The largest absolute Gasteiger partial charge is 0.391 e. The highest BCUT2D eigenvalue weighted by atomic mass is 19.1. The molecule has 4 heteroatoms. The highest BCUT2D eigenvalue weighted by molar-refractivity contribution is 5.33. The molecule has 2 rings (SSSR count). The van der Waals surface area contributed by atoms with Crippen molar-refractivity contribution < 1.29 is 9.50 Å². The van der Waals surface area contributed by atoms with E-state index in [0.717, 1.165) is 19.0 Å². The molecule has 14 heavy (non-hydrogen) atoms. The zero-order valence-electron chi connectivity index (χ0n) is 7.78. The number of aliphatic hydroxyl groups excluding tert-OH is 1. The van der Waals surface area contributed by atoms with E-state index < -0.39 is 0 Å². The Kier molecular flexibility index (Phi) is 2.63. The molecule has 1 aliphatic carbocycles. The van der Waals surface area contributed by atoms with Crippen molar-refractivity contribution in [3.05, 3.63) is 24.1 Å². The summed E-state index contributed by atoms with van der Waals surface area (Å²) >= 11 is 0. The van der Waals surface area contributed by atoms with Crippen molar-refractivity contribution in [2.45, 2.75) is 18.9 Å². The quantitative estimate of drug-likeness (QED) is 0.765. The number of nitrogens with one attached hydrogen (secondary N) is 1. The standard InChI is InChI=1S/C10H13FN2O/c11-8-3-4-10(12-5-8)13-6-9(14)7-1-2-7/h3-5,7,9,14H,1-2,6H2,(H,12,13). The van der Waals surface area contributed by atoms with Crippen LogP contribution in [0.2, 0.25) is 0 Å². The van der Waals surface area contributed by atoms with Crippen molar-refractivity contribution in [3.63, 3.8) is 0 Å². The van der Waals surface area contributed by atoms with Crippen LogP contribution >= 0.6 is 0 Å². The number of aromatic nitrogens is 1. The number of nitrogens with zero attached hydrogens (tertiary/aromatic N) is 1. The van der Waals surface area contributed by atoms with Gasteiger partial charge in [0.2, 0.25) is 0 Å². The van der Waals surface area contributed by atoms with Gasteiger partial charge in [0.25, 0.3) is 0 Å². The van der Waals surface area contributed by atoms with Crippen LogP contribution in [0.3, 0.4) is 0 Å². The van der Waals surface area contributed by atoms with Gasteiger partial charge in [-0.1, -0.05) is 0 Å². The molecule has 1 fully saturated rings. The zero-order chi connectivity index (χ0) is 9.97. The Bertz CT molecular complexity index is 297. The van der Waals surface area contributed by atoms with Gasteiger partial charge in [0.05, 0.1) is 12.3 Å². The van der Waals surface area contributed by atoms with Gasteiger partial charge in [-0.3, -0.25) is 0 Å². The van der Waals surface area contributed by atoms with Crippen LogP contribution in [0.5, 0.6) is 0 Å². The molecule has 76 valence electrons. The number of halogens is 1. The second-order valence-corrected chi connectivity index (χ2v) is 3.65. The van der Waals surface area contributed by atoms with Crippen LogP contribution in [-0.4, -0.2) is 22.7 Å². The van der Waals surface area contributed by atoms with E-state index in [1.165, 1.54) is 6.07 Å². The molecule has 1 aromatic rings. The number of anilines is 1. The van der Waals surface area contributed by atoms with E-state index in [1.54, 1.807) is 6.07 Å². The lowest BCUT2D eigenvalue weighted by molar-refractivity contribution is 0.164. The molecular formula is C10H13FN2O. The van der Waals surface area contributed by atoms with E-state index in [2.05, 4.69) is 10.3 Å². The van der Waals surface area contributed by atoms with Gasteiger partial charge in [0.1, 0.15) is 11.6 Å². The predicted octanol–water partition coefficient (Wildman–Crippen LogP) is 1.40. The van der Waals surface area contributed by atoms with Crippen LogP contribution in [0.4, 0.5) is 10.2 Å². The first kappa shape index (κ1) is 9.40. The Morgan fingerprint density at radius 2 is 2.36 bits per heavy atom. The maximum Gasteiger partial charge on any atom is 0.141 e. The molecule has 0 saturated heterocycles. The Hall–Kier alpha value is -1.16. The average molecular weight is 196 g/mol. The van der Waals surface area contributed by atoms with Crippen LogP contribution in [0.25, 0.3) is 0 Å².